The fraction of sp³-hybridized carbons (Fsp3) is 0.375. The molecule has 0 aliphatic heterocycles. The second kappa shape index (κ2) is 4.40. The van der Waals surface area contributed by atoms with Crippen LogP contribution in [0.4, 0.5) is 17.3 Å². The Kier molecular flexibility index (Phi) is 3.22. The Morgan fingerprint density at radius 3 is 2.93 bits per heavy atom. The number of carbonyl (C=O) groups is 1. The van der Waals surface area contributed by atoms with Crippen LogP contribution in [0.25, 0.3) is 0 Å². The lowest BCUT2D eigenvalue weighted by molar-refractivity contribution is -0.107. The fourth-order valence-corrected chi connectivity index (χ4v) is 1.09. The minimum atomic E-state index is 0.283. The van der Waals surface area contributed by atoms with Crippen molar-refractivity contribution in [3.8, 4) is 0 Å². The zero-order valence-electron chi connectivity index (χ0n) is 8.19. The Bertz CT molecular complexity index is 328. The van der Waals surface area contributed by atoms with Gasteiger partial charge in [0.2, 0.25) is 6.41 Å². The summed E-state index contributed by atoms with van der Waals surface area (Å²) in [5.41, 5.74) is 6.14. The van der Waals surface area contributed by atoms with Crippen LogP contribution in [0.1, 0.15) is 6.92 Å². The molecular formula is C8H13N5O. The van der Waals surface area contributed by atoms with E-state index in [1.165, 1.54) is 11.2 Å². The SMILES string of the molecule is CCNc1ncnc(N)c1N(C)C=O. The molecule has 0 aromatic carbocycles. The Labute approximate surface area is 82.1 Å². The van der Waals surface area contributed by atoms with Crippen LogP contribution in [0, 0.1) is 0 Å². The summed E-state index contributed by atoms with van der Waals surface area (Å²) in [4.78, 5) is 19.8. The zero-order valence-corrected chi connectivity index (χ0v) is 8.19. The molecule has 1 aromatic heterocycles. The van der Waals surface area contributed by atoms with Gasteiger partial charge < -0.3 is 16.0 Å². The number of amides is 1. The molecule has 0 bridgehead atoms. The van der Waals surface area contributed by atoms with E-state index in [1.807, 2.05) is 6.92 Å². The molecule has 0 saturated heterocycles. The average molecular weight is 195 g/mol. The molecule has 0 aliphatic rings. The molecule has 0 radical (unpaired) electrons. The third-order valence-electron chi connectivity index (χ3n) is 1.71. The molecule has 76 valence electrons. The van der Waals surface area contributed by atoms with Gasteiger partial charge in [0, 0.05) is 13.6 Å². The van der Waals surface area contributed by atoms with Crippen molar-refractivity contribution in [1.29, 1.82) is 0 Å². The maximum atomic E-state index is 10.6. The highest BCUT2D eigenvalue weighted by molar-refractivity contribution is 5.87. The third kappa shape index (κ3) is 1.90. The largest absolute Gasteiger partial charge is 0.382 e. The van der Waals surface area contributed by atoms with E-state index in [-0.39, 0.29) is 5.82 Å². The summed E-state index contributed by atoms with van der Waals surface area (Å²) < 4.78 is 0. The maximum absolute atomic E-state index is 10.6. The number of aromatic nitrogens is 2. The summed E-state index contributed by atoms with van der Waals surface area (Å²) in [6.45, 7) is 2.64. The predicted molar refractivity (Wildman–Crippen MR) is 55.1 cm³/mol. The average Bonchev–Trinajstić information content (AvgIpc) is 2.18. The summed E-state index contributed by atoms with van der Waals surface area (Å²) in [6, 6.07) is 0. The number of hydrogen-bond donors (Lipinski definition) is 2. The van der Waals surface area contributed by atoms with Crippen molar-refractivity contribution in [3.05, 3.63) is 6.33 Å². The Balaban J connectivity index is 3.14. The molecule has 1 heterocycles. The van der Waals surface area contributed by atoms with Gasteiger partial charge >= 0.3 is 0 Å². The van der Waals surface area contributed by atoms with Gasteiger partial charge in [-0.2, -0.15) is 0 Å². The minimum absolute atomic E-state index is 0.283. The molecular weight excluding hydrogens is 182 g/mol. The summed E-state index contributed by atoms with van der Waals surface area (Å²) in [7, 11) is 1.60. The maximum Gasteiger partial charge on any atom is 0.214 e. The van der Waals surface area contributed by atoms with Crippen molar-refractivity contribution in [2.45, 2.75) is 6.92 Å². The van der Waals surface area contributed by atoms with Crippen molar-refractivity contribution in [3.63, 3.8) is 0 Å². The van der Waals surface area contributed by atoms with Crippen LogP contribution >= 0.6 is 0 Å². The van der Waals surface area contributed by atoms with Crippen LogP contribution in [-0.2, 0) is 4.79 Å². The number of anilines is 3. The first-order chi connectivity index (χ1) is 6.70. The van der Waals surface area contributed by atoms with E-state index in [2.05, 4.69) is 15.3 Å². The van der Waals surface area contributed by atoms with Crippen LogP contribution < -0.4 is 16.0 Å². The Morgan fingerprint density at radius 1 is 1.64 bits per heavy atom. The van der Waals surface area contributed by atoms with E-state index in [9.17, 15) is 4.79 Å². The molecule has 6 heteroatoms. The first kappa shape index (κ1) is 10.2. The highest BCUT2D eigenvalue weighted by atomic mass is 16.1. The molecule has 0 spiro atoms. The number of carbonyl (C=O) groups excluding carboxylic acids is 1. The van der Waals surface area contributed by atoms with E-state index in [4.69, 9.17) is 5.73 Å². The van der Waals surface area contributed by atoms with E-state index >= 15 is 0 Å². The lowest BCUT2D eigenvalue weighted by Crippen LogP contribution is -2.19. The van der Waals surface area contributed by atoms with E-state index < -0.39 is 0 Å². The van der Waals surface area contributed by atoms with E-state index in [1.54, 1.807) is 7.05 Å². The molecule has 0 saturated carbocycles. The molecule has 1 amide bonds. The summed E-state index contributed by atoms with van der Waals surface area (Å²) in [6.07, 6.45) is 2.02. The summed E-state index contributed by atoms with van der Waals surface area (Å²) in [5.74, 6) is 0.847. The number of nitrogens with one attached hydrogen (secondary N) is 1. The van der Waals surface area contributed by atoms with Crippen LogP contribution in [0.15, 0.2) is 6.33 Å². The molecule has 1 rings (SSSR count). The number of hydrogen-bond acceptors (Lipinski definition) is 5. The number of nitrogen functional groups attached to an aromatic ring is 1. The fourth-order valence-electron chi connectivity index (χ4n) is 1.09. The lowest BCUT2D eigenvalue weighted by atomic mass is 10.4. The zero-order chi connectivity index (χ0) is 10.6. The molecule has 3 N–H and O–H groups in total. The van der Waals surface area contributed by atoms with Gasteiger partial charge in [-0.15, -0.1) is 0 Å². The third-order valence-corrected chi connectivity index (χ3v) is 1.71. The van der Waals surface area contributed by atoms with Crippen LogP contribution in [0.3, 0.4) is 0 Å². The van der Waals surface area contributed by atoms with Crippen molar-refractivity contribution < 1.29 is 4.79 Å². The van der Waals surface area contributed by atoms with Crippen LogP contribution in [0.5, 0.6) is 0 Å². The van der Waals surface area contributed by atoms with E-state index in [0.717, 1.165) is 0 Å². The van der Waals surface area contributed by atoms with Gasteiger partial charge in [0.15, 0.2) is 11.6 Å². The summed E-state index contributed by atoms with van der Waals surface area (Å²) >= 11 is 0. The van der Waals surface area contributed by atoms with Crippen molar-refractivity contribution in [2.24, 2.45) is 0 Å². The predicted octanol–water partition coefficient (Wildman–Crippen LogP) is 0.0832. The first-order valence-electron chi connectivity index (χ1n) is 4.23. The molecule has 0 unspecified atom stereocenters. The summed E-state index contributed by atoms with van der Waals surface area (Å²) in [5, 5.41) is 3.00. The normalized spacial score (nSPS) is 9.57. The highest BCUT2D eigenvalue weighted by Gasteiger charge is 2.12. The molecule has 0 fully saturated rings. The number of nitrogens with two attached hydrogens (primary N) is 1. The van der Waals surface area contributed by atoms with Gasteiger partial charge in [-0.1, -0.05) is 0 Å². The van der Waals surface area contributed by atoms with Crippen LogP contribution in [-0.4, -0.2) is 30.0 Å². The number of nitrogens with zero attached hydrogens (tertiary/aromatic N) is 3. The Morgan fingerprint density at radius 2 is 2.36 bits per heavy atom. The second-order valence-corrected chi connectivity index (χ2v) is 2.70. The molecule has 0 aliphatic carbocycles. The monoisotopic (exact) mass is 195 g/mol. The van der Waals surface area contributed by atoms with Gasteiger partial charge in [-0.25, -0.2) is 9.97 Å². The number of rotatable bonds is 4. The smallest absolute Gasteiger partial charge is 0.214 e. The van der Waals surface area contributed by atoms with Crippen molar-refractivity contribution >= 4 is 23.7 Å². The van der Waals surface area contributed by atoms with Gasteiger partial charge in [0.05, 0.1) is 0 Å². The molecule has 1 aromatic rings. The van der Waals surface area contributed by atoms with Gasteiger partial charge in [0.25, 0.3) is 0 Å². The lowest BCUT2D eigenvalue weighted by Gasteiger charge is -2.16. The topological polar surface area (TPSA) is 84.1 Å². The Hall–Kier alpha value is -1.85. The van der Waals surface area contributed by atoms with Crippen molar-refractivity contribution in [1.82, 2.24) is 9.97 Å². The standard InChI is InChI=1S/C8H13N5O/c1-3-10-8-6(13(2)5-14)7(9)11-4-12-8/h4-5H,3H2,1-2H3,(H3,9,10,11,12). The quantitative estimate of drug-likeness (QED) is 0.665. The molecule has 14 heavy (non-hydrogen) atoms. The van der Waals surface area contributed by atoms with Crippen LogP contribution in [0.2, 0.25) is 0 Å². The van der Waals surface area contributed by atoms with Gasteiger partial charge in [-0.05, 0) is 6.92 Å². The molecule has 0 atom stereocenters. The van der Waals surface area contributed by atoms with Crippen molar-refractivity contribution in [2.75, 3.05) is 29.5 Å². The first-order valence-corrected chi connectivity index (χ1v) is 4.23. The van der Waals surface area contributed by atoms with Gasteiger partial charge in [-0.3, -0.25) is 4.79 Å². The minimum Gasteiger partial charge on any atom is -0.382 e. The van der Waals surface area contributed by atoms with E-state index in [0.29, 0.717) is 24.5 Å². The van der Waals surface area contributed by atoms with Gasteiger partial charge in [0.1, 0.15) is 12.0 Å². The molecule has 6 nitrogen and oxygen atoms in total. The second-order valence-electron chi connectivity index (χ2n) is 2.70. The highest BCUT2D eigenvalue weighted by Crippen LogP contribution is 2.26.